The van der Waals surface area contributed by atoms with E-state index in [0.29, 0.717) is 23.8 Å². The molecule has 0 bridgehead atoms. The summed E-state index contributed by atoms with van der Waals surface area (Å²) >= 11 is 0. The van der Waals surface area contributed by atoms with Crippen molar-refractivity contribution in [1.29, 1.82) is 0 Å². The first-order chi connectivity index (χ1) is 14.2. The van der Waals surface area contributed by atoms with Crippen LogP contribution in [0, 0.1) is 6.92 Å². The van der Waals surface area contributed by atoms with Gasteiger partial charge in [-0.1, -0.05) is 18.2 Å². The van der Waals surface area contributed by atoms with Crippen LogP contribution in [0.3, 0.4) is 0 Å². The van der Waals surface area contributed by atoms with Gasteiger partial charge in [0.25, 0.3) is 0 Å². The zero-order valence-corrected chi connectivity index (χ0v) is 16.6. The van der Waals surface area contributed by atoms with E-state index in [1.807, 2.05) is 6.07 Å². The Labute approximate surface area is 172 Å². The summed E-state index contributed by atoms with van der Waals surface area (Å²) in [6, 6.07) is 11.9. The summed E-state index contributed by atoms with van der Waals surface area (Å²) in [5, 5.41) is 0. The molecule has 0 spiro atoms. The van der Waals surface area contributed by atoms with Gasteiger partial charge < -0.3 is 20.1 Å². The van der Waals surface area contributed by atoms with E-state index in [1.165, 1.54) is 6.07 Å². The van der Waals surface area contributed by atoms with Crippen LogP contribution in [-0.4, -0.2) is 44.1 Å². The summed E-state index contributed by atoms with van der Waals surface area (Å²) in [6.07, 6.45) is -2.81. The van der Waals surface area contributed by atoms with Crippen LogP contribution in [0.1, 0.15) is 23.1 Å². The molecule has 30 heavy (non-hydrogen) atoms. The number of benzene rings is 2. The second-order valence-corrected chi connectivity index (χ2v) is 7.10. The fourth-order valence-corrected chi connectivity index (χ4v) is 3.46. The largest absolute Gasteiger partial charge is 0.493 e. The SMILES string of the molecule is Cc1cc([C@]2(c3cccc(OCCC(F)F)c3)CN(C)C(N)=N2)ccc1OC(F)F. The number of aliphatic imine (C=N–C) groups is 1. The molecule has 0 aliphatic carbocycles. The fraction of sp³-hybridized carbons (Fsp3) is 0.381. The van der Waals surface area contributed by atoms with Gasteiger partial charge in [0.2, 0.25) is 6.43 Å². The Bertz CT molecular complexity index is 923. The summed E-state index contributed by atoms with van der Waals surface area (Å²) < 4.78 is 60.0. The van der Waals surface area contributed by atoms with Gasteiger partial charge >= 0.3 is 6.61 Å². The van der Waals surface area contributed by atoms with Crippen molar-refractivity contribution < 1.29 is 27.0 Å². The van der Waals surface area contributed by atoms with E-state index in [1.54, 1.807) is 49.2 Å². The van der Waals surface area contributed by atoms with Crippen LogP contribution in [0.4, 0.5) is 17.6 Å². The maximum atomic E-state index is 12.6. The lowest BCUT2D eigenvalue weighted by molar-refractivity contribution is -0.0503. The Morgan fingerprint density at radius 2 is 1.87 bits per heavy atom. The molecule has 0 radical (unpaired) electrons. The Hall–Kier alpha value is -2.97. The quantitative estimate of drug-likeness (QED) is 0.646. The van der Waals surface area contributed by atoms with Crippen molar-refractivity contribution in [2.24, 2.45) is 10.7 Å². The molecule has 2 aromatic rings. The third kappa shape index (κ3) is 4.60. The molecule has 9 heteroatoms. The van der Waals surface area contributed by atoms with Crippen molar-refractivity contribution in [3.05, 3.63) is 59.2 Å². The van der Waals surface area contributed by atoms with Crippen molar-refractivity contribution >= 4 is 5.96 Å². The Morgan fingerprint density at radius 3 is 2.47 bits per heavy atom. The molecule has 162 valence electrons. The molecular formula is C21H23F4N3O2. The van der Waals surface area contributed by atoms with Crippen molar-refractivity contribution in [2.75, 3.05) is 20.2 Å². The van der Waals surface area contributed by atoms with Gasteiger partial charge in [0, 0.05) is 13.5 Å². The van der Waals surface area contributed by atoms with Crippen molar-refractivity contribution in [3.8, 4) is 11.5 Å². The van der Waals surface area contributed by atoms with Crippen LogP contribution in [0.5, 0.6) is 11.5 Å². The smallest absolute Gasteiger partial charge is 0.387 e. The molecular weight excluding hydrogens is 402 g/mol. The van der Waals surface area contributed by atoms with Crippen molar-refractivity contribution in [1.82, 2.24) is 4.90 Å². The Balaban J connectivity index is 1.99. The number of ether oxygens (including phenoxy) is 2. The number of hydrogen-bond acceptors (Lipinski definition) is 5. The number of nitrogens with zero attached hydrogens (tertiary/aromatic N) is 2. The van der Waals surface area contributed by atoms with Crippen molar-refractivity contribution in [3.63, 3.8) is 0 Å². The molecule has 0 fully saturated rings. The molecule has 1 aliphatic heterocycles. The number of guanidine groups is 1. The summed E-state index contributed by atoms with van der Waals surface area (Å²) in [5.41, 5.74) is 7.15. The third-order valence-corrected chi connectivity index (χ3v) is 4.95. The Kier molecular flexibility index (Phi) is 6.38. The minimum atomic E-state index is -2.92. The van der Waals surface area contributed by atoms with E-state index < -0.39 is 18.6 Å². The summed E-state index contributed by atoms with van der Waals surface area (Å²) in [4.78, 5) is 6.46. The monoisotopic (exact) mass is 425 g/mol. The first-order valence-electron chi connectivity index (χ1n) is 9.35. The van der Waals surface area contributed by atoms with Crippen LogP contribution < -0.4 is 15.2 Å². The van der Waals surface area contributed by atoms with Crippen LogP contribution >= 0.6 is 0 Å². The highest BCUT2D eigenvalue weighted by Crippen LogP contribution is 2.40. The number of aryl methyl sites for hydroxylation is 1. The van der Waals surface area contributed by atoms with Crippen LogP contribution in [0.2, 0.25) is 0 Å². The molecule has 5 nitrogen and oxygen atoms in total. The molecule has 1 atom stereocenters. The number of nitrogens with two attached hydrogens (primary N) is 1. The van der Waals surface area contributed by atoms with Gasteiger partial charge in [-0.05, 0) is 47.9 Å². The lowest BCUT2D eigenvalue weighted by atomic mass is 9.83. The molecule has 0 saturated carbocycles. The average molecular weight is 425 g/mol. The predicted molar refractivity (Wildman–Crippen MR) is 105 cm³/mol. The van der Waals surface area contributed by atoms with E-state index in [4.69, 9.17) is 10.5 Å². The molecule has 0 unspecified atom stereocenters. The lowest BCUT2D eigenvalue weighted by Gasteiger charge is -2.29. The second kappa shape index (κ2) is 8.81. The van der Waals surface area contributed by atoms with Gasteiger partial charge in [0.05, 0.1) is 13.2 Å². The minimum absolute atomic E-state index is 0.0799. The third-order valence-electron chi connectivity index (χ3n) is 4.95. The maximum Gasteiger partial charge on any atom is 0.387 e. The van der Waals surface area contributed by atoms with Gasteiger partial charge in [-0.15, -0.1) is 0 Å². The van der Waals surface area contributed by atoms with Crippen LogP contribution in [0.25, 0.3) is 0 Å². The number of likely N-dealkylation sites (N-methyl/N-ethyl adjacent to an activating group) is 1. The Morgan fingerprint density at radius 1 is 1.13 bits per heavy atom. The first kappa shape index (κ1) is 21.7. The van der Waals surface area contributed by atoms with Crippen LogP contribution in [0.15, 0.2) is 47.5 Å². The summed E-state index contributed by atoms with van der Waals surface area (Å²) in [5.74, 6) is 0.839. The highest BCUT2D eigenvalue weighted by Gasteiger charge is 2.41. The molecule has 2 aromatic carbocycles. The van der Waals surface area contributed by atoms with E-state index >= 15 is 0 Å². The van der Waals surface area contributed by atoms with E-state index in [9.17, 15) is 17.6 Å². The second-order valence-electron chi connectivity index (χ2n) is 7.10. The molecule has 1 heterocycles. The average Bonchev–Trinajstić information content (AvgIpc) is 2.99. The lowest BCUT2D eigenvalue weighted by Crippen LogP contribution is -2.34. The minimum Gasteiger partial charge on any atom is -0.493 e. The van der Waals surface area contributed by atoms with E-state index in [2.05, 4.69) is 9.73 Å². The molecule has 0 aromatic heterocycles. The van der Waals surface area contributed by atoms with Gasteiger partial charge in [-0.3, -0.25) is 0 Å². The van der Waals surface area contributed by atoms with Gasteiger partial charge in [-0.2, -0.15) is 8.78 Å². The van der Waals surface area contributed by atoms with Gasteiger partial charge in [0.1, 0.15) is 17.0 Å². The highest BCUT2D eigenvalue weighted by molar-refractivity contribution is 5.81. The molecule has 0 saturated heterocycles. The van der Waals surface area contributed by atoms with Crippen LogP contribution in [-0.2, 0) is 5.54 Å². The zero-order valence-electron chi connectivity index (χ0n) is 16.6. The zero-order chi connectivity index (χ0) is 21.9. The molecule has 3 rings (SSSR count). The summed E-state index contributed by atoms with van der Waals surface area (Å²) in [7, 11) is 1.80. The normalized spacial score (nSPS) is 18.8. The number of halogens is 4. The molecule has 2 N–H and O–H groups in total. The molecule has 1 aliphatic rings. The van der Waals surface area contributed by atoms with Gasteiger partial charge in [0.15, 0.2) is 5.96 Å². The number of hydrogen-bond donors (Lipinski definition) is 1. The van der Waals surface area contributed by atoms with E-state index in [0.717, 1.165) is 11.1 Å². The van der Waals surface area contributed by atoms with Gasteiger partial charge in [-0.25, -0.2) is 13.8 Å². The highest BCUT2D eigenvalue weighted by atomic mass is 19.3. The topological polar surface area (TPSA) is 60.1 Å². The van der Waals surface area contributed by atoms with Crippen molar-refractivity contribution in [2.45, 2.75) is 31.9 Å². The number of alkyl halides is 4. The number of rotatable bonds is 8. The first-order valence-corrected chi connectivity index (χ1v) is 9.35. The fourth-order valence-electron chi connectivity index (χ4n) is 3.46. The predicted octanol–water partition coefficient (Wildman–Crippen LogP) is 4.13. The molecule has 0 amide bonds. The summed E-state index contributed by atoms with van der Waals surface area (Å²) in [6.45, 7) is -0.951. The standard InChI is InChI=1S/C21H23F4N3O2/c1-13-10-15(6-7-17(13)30-19(24)25)21(12-28(2)20(26)27-21)14-4-3-5-16(11-14)29-9-8-18(22)23/h3-7,10-11,18-19H,8-9,12H2,1-2H3,(H2,26,27)/t21-/m1/s1. The van der Waals surface area contributed by atoms with E-state index in [-0.39, 0.29) is 18.8 Å². The maximum absolute atomic E-state index is 12.6.